The van der Waals surface area contributed by atoms with Crippen LogP contribution < -0.4 is 5.32 Å². The van der Waals surface area contributed by atoms with Crippen molar-refractivity contribution in [3.63, 3.8) is 0 Å². The Morgan fingerprint density at radius 1 is 1.25 bits per heavy atom. The van der Waals surface area contributed by atoms with Gasteiger partial charge in [-0.2, -0.15) is 0 Å². The number of hydrogen-bond acceptors (Lipinski definition) is 2. The zero-order valence-corrected chi connectivity index (χ0v) is 11.9. The predicted molar refractivity (Wildman–Crippen MR) is 82.1 cm³/mol. The highest BCUT2D eigenvalue weighted by Gasteiger charge is 2.17. The first-order valence-electron chi connectivity index (χ1n) is 7.20. The normalized spacial score (nSPS) is 21.9. The second kappa shape index (κ2) is 5.63. The van der Waals surface area contributed by atoms with Gasteiger partial charge in [0.2, 0.25) is 5.91 Å². The van der Waals surface area contributed by atoms with E-state index in [4.69, 9.17) is 0 Å². The summed E-state index contributed by atoms with van der Waals surface area (Å²) in [6.07, 6.45) is 6.25. The highest BCUT2D eigenvalue weighted by Crippen LogP contribution is 2.27. The molecule has 3 nitrogen and oxygen atoms in total. The number of amides is 1. The van der Waals surface area contributed by atoms with Crippen LogP contribution in [0.5, 0.6) is 0 Å². The lowest BCUT2D eigenvalue weighted by atomic mass is 9.94. The summed E-state index contributed by atoms with van der Waals surface area (Å²) >= 11 is 0. The van der Waals surface area contributed by atoms with E-state index in [1.807, 2.05) is 6.07 Å². The van der Waals surface area contributed by atoms with E-state index in [0.29, 0.717) is 0 Å². The maximum atomic E-state index is 11.7. The lowest BCUT2D eigenvalue weighted by Gasteiger charge is -2.23. The van der Waals surface area contributed by atoms with Crippen molar-refractivity contribution >= 4 is 17.6 Å². The fourth-order valence-corrected chi connectivity index (χ4v) is 2.79. The number of rotatable bonds is 2. The lowest BCUT2D eigenvalue weighted by molar-refractivity contribution is -0.116. The number of likely N-dealkylation sites (N-methyl/N-ethyl adjacent to an activating group) is 1. The largest absolute Gasteiger partial charge is 0.352 e. The molecule has 20 heavy (non-hydrogen) atoms. The minimum atomic E-state index is 0.0807. The van der Waals surface area contributed by atoms with Gasteiger partial charge in [0.1, 0.15) is 0 Å². The molecule has 1 saturated heterocycles. The third kappa shape index (κ3) is 2.68. The lowest BCUT2D eigenvalue weighted by Crippen LogP contribution is -2.23. The highest BCUT2D eigenvalue weighted by molar-refractivity contribution is 6.00. The number of hydrogen-bond donors (Lipinski definition) is 1. The molecule has 0 unspecified atom stereocenters. The Balaban J connectivity index is 1.95. The smallest absolute Gasteiger partial charge is 0.247 e. The minimum absolute atomic E-state index is 0.0807. The molecule has 104 valence electrons. The minimum Gasteiger partial charge on any atom is -0.352 e. The summed E-state index contributed by atoms with van der Waals surface area (Å²) in [5.41, 5.74) is 4.73. The van der Waals surface area contributed by atoms with Crippen molar-refractivity contribution in [2.24, 2.45) is 0 Å². The summed E-state index contributed by atoms with van der Waals surface area (Å²) in [6, 6.07) is 8.38. The van der Waals surface area contributed by atoms with Crippen LogP contribution in [0.25, 0.3) is 11.6 Å². The molecule has 1 fully saturated rings. The molecule has 0 saturated carbocycles. The van der Waals surface area contributed by atoms with Gasteiger partial charge >= 0.3 is 0 Å². The van der Waals surface area contributed by atoms with Gasteiger partial charge in [-0.05, 0) is 42.7 Å². The average molecular weight is 268 g/mol. The van der Waals surface area contributed by atoms with Gasteiger partial charge in [0.05, 0.1) is 0 Å². The summed E-state index contributed by atoms with van der Waals surface area (Å²) in [5.74, 6) is 0.0807. The average Bonchev–Trinajstić information content (AvgIpc) is 2.86. The van der Waals surface area contributed by atoms with Crippen LogP contribution in [0.2, 0.25) is 0 Å². The van der Waals surface area contributed by atoms with Crippen LogP contribution in [0, 0.1) is 0 Å². The molecule has 0 aliphatic carbocycles. The first-order valence-corrected chi connectivity index (χ1v) is 7.20. The van der Waals surface area contributed by atoms with Gasteiger partial charge in [-0.15, -0.1) is 0 Å². The molecule has 0 bridgehead atoms. The zero-order chi connectivity index (χ0) is 13.9. The molecule has 0 atom stereocenters. The van der Waals surface area contributed by atoms with E-state index in [0.717, 1.165) is 43.6 Å². The molecule has 2 aliphatic rings. The van der Waals surface area contributed by atoms with Gasteiger partial charge in [0.15, 0.2) is 0 Å². The second-order valence-electron chi connectivity index (χ2n) is 5.50. The van der Waals surface area contributed by atoms with E-state index < -0.39 is 0 Å². The van der Waals surface area contributed by atoms with Crippen molar-refractivity contribution in [2.75, 3.05) is 26.7 Å². The van der Waals surface area contributed by atoms with Crippen LogP contribution in [0.1, 0.15) is 24.0 Å². The zero-order valence-electron chi connectivity index (χ0n) is 11.9. The quantitative estimate of drug-likeness (QED) is 0.835. The Kier molecular flexibility index (Phi) is 3.70. The molecule has 0 spiro atoms. The Labute approximate surface area is 120 Å². The Morgan fingerprint density at radius 3 is 2.80 bits per heavy atom. The topological polar surface area (TPSA) is 32.3 Å². The molecule has 1 N–H and O–H groups in total. The maximum absolute atomic E-state index is 11.7. The van der Waals surface area contributed by atoms with Crippen LogP contribution in [0.4, 0.5) is 0 Å². The number of carbonyl (C=O) groups excluding carboxylic acids is 1. The van der Waals surface area contributed by atoms with Crippen LogP contribution in [0.15, 0.2) is 35.9 Å². The molecular formula is C17H20N2O. The molecule has 0 radical (unpaired) electrons. The number of nitrogens with one attached hydrogen (secondary N) is 1. The van der Waals surface area contributed by atoms with Crippen LogP contribution in [-0.4, -0.2) is 37.5 Å². The van der Waals surface area contributed by atoms with Gasteiger partial charge in [-0.1, -0.05) is 30.3 Å². The molecule has 2 aliphatic heterocycles. The van der Waals surface area contributed by atoms with Crippen molar-refractivity contribution < 1.29 is 4.79 Å². The van der Waals surface area contributed by atoms with Crippen LogP contribution in [0.3, 0.4) is 0 Å². The van der Waals surface area contributed by atoms with Gasteiger partial charge < -0.3 is 10.2 Å². The van der Waals surface area contributed by atoms with E-state index in [1.165, 1.54) is 11.1 Å². The number of benzene rings is 1. The predicted octanol–water partition coefficient (Wildman–Crippen LogP) is 2.31. The monoisotopic (exact) mass is 268 g/mol. The van der Waals surface area contributed by atoms with Crippen molar-refractivity contribution in [2.45, 2.75) is 12.8 Å². The first kappa shape index (κ1) is 13.1. The molecule has 0 aromatic heterocycles. The van der Waals surface area contributed by atoms with Gasteiger partial charge in [-0.25, -0.2) is 0 Å². The molecule has 3 rings (SSSR count). The Hall–Kier alpha value is -1.87. The summed E-state index contributed by atoms with van der Waals surface area (Å²) in [4.78, 5) is 14.0. The van der Waals surface area contributed by atoms with Gasteiger partial charge in [0.25, 0.3) is 0 Å². The van der Waals surface area contributed by atoms with E-state index in [2.05, 4.69) is 47.6 Å². The Bertz CT molecular complexity index is 586. The molecule has 1 aromatic rings. The molecule has 1 aromatic carbocycles. The summed E-state index contributed by atoms with van der Waals surface area (Å²) in [6.45, 7) is 2.86. The van der Waals surface area contributed by atoms with E-state index in [1.54, 1.807) is 0 Å². The molecular weight excluding hydrogens is 248 g/mol. The fourth-order valence-electron chi connectivity index (χ4n) is 2.79. The maximum Gasteiger partial charge on any atom is 0.247 e. The number of nitrogens with zero attached hydrogens (tertiary/aromatic N) is 1. The van der Waals surface area contributed by atoms with Gasteiger partial charge in [0, 0.05) is 25.2 Å². The summed E-state index contributed by atoms with van der Waals surface area (Å²) in [5, 5.41) is 2.87. The Morgan fingerprint density at radius 2 is 2.10 bits per heavy atom. The molecule has 2 heterocycles. The van der Waals surface area contributed by atoms with Crippen LogP contribution >= 0.6 is 0 Å². The van der Waals surface area contributed by atoms with E-state index in [9.17, 15) is 4.79 Å². The van der Waals surface area contributed by atoms with Crippen molar-refractivity contribution in [3.8, 4) is 0 Å². The standard InChI is InChI=1S/C17H20N2O/c1-19-10-7-13(8-11-19)16-5-3-2-4-14(16)12-15-6-9-18-17(15)20/h2-5,7,12H,6,8-11H2,1H3,(H,18,20)/b15-12+. The first-order chi connectivity index (χ1) is 9.74. The van der Waals surface area contributed by atoms with Crippen molar-refractivity contribution in [1.29, 1.82) is 0 Å². The van der Waals surface area contributed by atoms with Crippen molar-refractivity contribution in [3.05, 3.63) is 47.0 Å². The molecule has 3 heteroatoms. The molecule has 1 amide bonds. The number of carbonyl (C=O) groups is 1. The van der Waals surface area contributed by atoms with Crippen LogP contribution in [-0.2, 0) is 4.79 Å². The van der Waals surface area contributed by atoms with E-state index >= 15 is 0 Å². The van der Waals surface area contributed by atoms with E-state index in [-0.39, 0.29) is 5.91 Å². The third-order valence-electron chi connectivity index (χ3n) is 4.02. The van der Waals surface area contributed by atoms with Crippen molar-refractivity contribution in [1.82, 2.24) is 10.2 Å². The third-order valence-corrected chi connectivity index (χ3v) is 4.02. The fraction of sp³-hybridized carbons (Fsp3) is 0.353. The summed E-state index contributed by atoms with van der Waals surface area (Å²) in [7, 11) is 2.14. The second-order valence-corrected chi connectivity index (χ2v) is 5.50. The highest BCUT2D eigenvalue weighted by atomic mass is 16.1. The SMILES string of the molecule is CN1CC=C(c2ccccc2/C=C2\CCNC2=O)CC1. The summed E-state index contributed by atoms with van der Waals surface area (Å²) < 4.78 is 0. The van der Waals surface area contributed by atoms with Gasteiger partial charge in [-0.3, -0.25) is 4.79 Å².